The van der Waals surface area contributed by atoms with Crippen molar-refractivity contribution in [1.82, 2.24) is 25.1 Å². The maximum absolute atomic E-state index is 12.7. The summed E-state index contributed by atoms with van der Waals surface area (Å²) in [6.45, 7) is 5.56. The molecule has 0 radical (unpaired) electrons. The smallest absolute Gasteiger partial charge is 0.223 e. The van der Waals surface area contributed by atoms with Crippen LogP contribution in [-0.2, 0) is 11.3 Å². The van der Waals surface area contributed by atoms with Gasteiger partial charge in [-0.15, -0.1) is 0 Å². The van der Waals surface area contributed by atoms with Gasteiger partial charge in [-0.05, 0) is 50.7 Å². The number of carbonyl (C=O) groups is 1. The summed E-state index contributed by atoms with van der Waals surface area (Å²) in [5.41, 5.74) is 0.868. The van der Waals surface area contributed by atoms with Crippen LogP contribution in [0.4, 0.5) is 5.82 Å². The average molecular weight is 445 g/mol. The second-order valence-electron chi connectivity index (χ2n) is 8.98. The van der Waals surface area contributed by atoms with Gasteiger partial charge in [0.15, 0.2) is 10.8 Å². The molecule has 2 aromatic rings. The van der Waals surface area contributed by atoms with Crippen LogP contribution >= 0.6 is 11.8 Å². The zero-order valence-corrected chi connectivity index (χ0v) is 19.8. The lowest BCUT2D eigenvalue weighted by Gasteiger charge is -2.27. The van der Waals surface area contributed by atoms with Crippen molar-refractivity contribution < 1.29 is 4.79 Å². The molecule has 2 fully saturated rings. The van der Waals surface area contributed by atoms with Gasteiger partial charge in [0.25, 0.3) is 0 Å². The average Bonchev–Trinajstić information content (AvgIpc) is 3.48. The van der Waals surface area contributed by atoms with E-state index in [-0.39, 0.29) is 11.8 Å². The summed E-state index contributed by atoms with van der Waals surface area (Å²) in [7, 11) is 0. The Labute approximate surface area is 189 Å². The molecule has 0 atom stereocenters. The molecule has 31 heavy (non-hydrogen) atoms. The SMILES string of the molecule is CCCCC1CCC(C(=O)NCCn2ncc3c(N4CCCC4)nc(SC)nc32)CC1. The molecule has 1 aliphatic carbocycles. The molecule has 2 aliphatic rings. The van der Waals surface area contributed by atoms with E-state index in [2.05, 4.69) is 22.2 Å². The molecule has 0 spiro atoms. The molecule has 1 saturated heterocycles. The van der Waals surface area contributed by atoms with Crippen molar-refractivity contribution in [2.75, 3.05) is 30.8 Å². The molecule has 1 amide bonds. The largest absolute Gasteiger partial charge is 0.356 e. The van der Waals surface area contributed by atoms with Gasteiger partial charge < -0.3 is 10.2 Å². The summed E-state index contributed by atoms with van der Waals surface area (Å²) in [6.07, 6.45) is 14.7. The lowest BCUT2D eigenvalue weighted by molar-refractivity contribution is -0.126. The molecule has 7 nitrogen and oxygen atoms in total. The lowest BCUT2D eigenvalue weighted by atomic mass is 9.79. The highest BCUT2D eigenvalue weighted by molar-refractivity contribution is 7.98. The van der Waals surface area contributed by atoms with E-state index in [9.17, 15) is 4.79 Å². The quantitative estimate of drug-likeness (QED) is 0.460. The number of fused-ring (bicyclic) bond motifs is 1. The van der Waals surface area contributed by atoms with Crippen molar-refractivity contribution in [1.29, 1.82) is 0 Å². The number of anilines is 1. The third-order valence-corrected chi connectivity index (χ3v) is 7.40. The van der Waals surface area contributed by atoms with Crippen LogP contribution in [0.5, 0.6) is 0 Å². The molecule has 2 aromatic heterocycles. The number of hydrogen-bond acceptors (Lipinski definition) is 6. The molecule has 1 aliphatic heterocycles. The Kier molecular flexibility index (Phi) is 7.69. The van der Waals surface area contributed by atoms with Crippen molar-refractivity contribution >= 4 is 34.5 Å². The lowest BCUT2D eigenvalue weighted by Crippen LogP contribution is -2.35. The number of nitrogens with one attached hydrogen (secondary N) is 1. The normalized spacial score (nSPS) is 21.7. The highest BCUT2D eigenvalue weighted by atomic mass is 32.2. The van der Waals surface area contributed by atoms with Gasteiger partial charge >= 0.3 is 0 Å². The maximum Gasteiger partial charge on any atom is 0.223 e. The second-order valence-corrected chi connectivity index (χ2v) is 9.76. The van der Waals surface area contributed by atoms with Gasteiger partial charge in [0, 0.05) is 25.6 Å². The maximum atomic E-state index is 12.7. The number of thioether (sulfide) groups is 1. The van der Waals surface area contributed by atoms with Crippen LogP contribution in [0.2, 0.25) is 0 Å². The van der Waals surface area contributed by atoms with Crippen LogP contribution in [0.25, 0.3) is 11.0 Å². The monoisotopic (exact) mass is 444 g/mol. The summed E-state index contributed by atoms with van der Waals surface area (Å²) in [4.78, 5) is 24.5. The molecule has 1 N–H and O–H groups in total. The van der Waals surface area contributed by atoms with Gasteiger partial charge in [-0.1, -0.05) is 37.9 Å². The van der Waals surface area contributed by atoms with E-state index in [1.165, 1.54) is 44.9 Å². The second kappa shape index (κ2) is 10.7. The number of hydrogen-bond donors (Lipinski definition) is 1. The van der Waals surface area contributed by atoms with Gasteiger partial charge in [-0.25, -0.2) is 14.6 Å². The summed E-state index contributed by atoms with van der Waals surface area (Å²) in [5, 5.41) is 9.52. The molecule has 3 heterocycles. The third-order valence-electron chi connectivity index (χ3n) is 6.85. The molecule has 0 unspecified atom stereocenters. The Hall–Kier alpha value is -1.83. The van der Waals surface area contributed by atoms with Crippen LogP contribution in [0.1, 0.15) is 64.7 Å². The molecule has 1 saturated carbocycles. The topological polar surface area (TPSA) is 75.9 Å². The minimum absolute atomic E-state index is 0.180. The molecule has 0 aromatic carbocycles. The summed E-state index contributed by atoms with van der Waals surface area (Å²) < 4.78 is 1.91. The predicted molar refractivity (Wildman–Crippen MR) is 127 cm³/mol. The van der Waals surface area contributed by atoms with Crippen molar-refractivity contribution in [2.24, 2.45) is 11.8 Å². The van der Waals surface area contributed by atoms with Crippen molar-refractivity contribution in [2.45, 2.75) is 76.4 Å². The van der Waals surface area contributed by atoms with Crippen LogP contribution < -0.4 is 10.2 Å². The Bertz CT molecular complexity index is 870. The first-order chi connectivity index (χ1) is 15.2. The number of nitrogens with zero attached hydrogens (tertiary/aromatic N) is 5. The fourth-order valence-corrected chi connectivity index (χ4v) is 5.34. The van der Waals surface area contributed by atoms with E-state index >= 15 is 0 Å². The number of aromatic nitrogens is 4. The van der Waals surface area contributed by atoms with Crippen molar-refractivity contribution in [3.63, 3.8) is 0 Å². The highest BCUT2D eigenvalue weighted by Gasteiger charge is 2.26. The Morgan fingerprint density at radius 2 is 1.97 bits per heavy atom. The number of unbranched alkanes of at least 4 members (excludes halogenated alkanes) is 1. The first-order valence-electron chi connectivity index (χ1n) is 12.0. The molecule has 4 rings (SSSR count). The number of amides is 1. The first kappa shape index (κ1) is 22.4. The third kappa shape index (κ3) is 5.33. The minimum atomic E-state index is 0.180. The van der Waals surface area contributed by atoms with Crippen molar-refractivity contribution in [3.05, 3.63) is 6.20 Å². The van der Waals surface area contributed by atoms with Crippen molar-refractivity contribution in [3.8, 4) is 0 Å². The standard InChI is InChI=1S/C23H36N6OS/c1-3-4-7-17-8-10-18(11-9-17)22(30)24-12-15-29-21-19(16-25-29)20(26-23(27-21)31-2)28-13-5-6-14-28/h16-18H,3-15H2,1-2H3,(H,24,30). The van der Waals surface area contributed by atoms with Gasteiger partial charge in [-0.3, -0.25) is 4.79 Å². The zero-order chi connectivity index (χ0) is 21.6. The highest BCUT2D eigenvalue weighted by Crippen LogP contribution is 2.32. The summed E-state index contributed by atoms with van der Waals surface area (Å²) in [6, 6.07) is 0. The van der Waals surface area contributed by atoms with E-state index in [1.54, 1.807) is 11.8 Å². The number of carbonyl (C=O) groups excluding carboxylic acids is 1. The van der Waals surface area contributed by atoms with E-state index in [0.717, 1.165) is 53.9 Å². The predicted octanol–water partition coefficient (Wildman–Crippen LogP) is 4.26. The van der Waals surface area contributed by atoms with Gasteiger partial charge in [0.05, 0.1) is 18.1 Å². The Morgan fingerprint density at radius 1 is 1.19 bits per heavy atom. The van der Waals surface area contributed by atoms with Crippen LogP contribution in [-0.4, -0.2) is 51.5 Å². The fourth-order valence-electron chi connectivity index (χ4n) is 4.98. The van der Waals surface area contributed by atoms with E-state index in [4.69, 9.17) is 9.97 Å². The van der Waals surface area contributed by atoms with E-state index in [1.807, 2.05) is 17.1 Å². The van der Waals surface area contributed by atoms with E-state index in [0.29, 0.717) is 13.1 Å². The zero-order valence-electron chi connectivity index (χ0n) is 19.0. The van der Waals surface area contributed by atoms with Gasteiger partial charge in [-0.2, -0.15) is 5.10 Å². The summed E-state index contributed by atoms with van der Waals surface area (Å²) >= 11 is 1.56. The summed E-state index contributed by atoms with van der Waals surface area (Å²) in [5.74, 6) is 2.22. The number of rotatable bonds is 9. The Balaban J connectivity index is 1.34. The minimum Gasteiger partial charge on any atom is -0.356 e. The molecular formula is C23H36N6OS. The molecule has 0 bridgehead atoms. The Morgan fingerprint density at radius 3 is 2.68 bits per heavy atom. The van der Waals surface area contributed by atoms with Crippen LogP contribution in [0.3, 0.4) is 0 Å². The first-order valence-corrected chi connectivity index (χ1v) is 13.2. The molecular weight excluding hydrogens is 408 g/mol. The van der Waals surface area contributed by atoms with Crippen LogP contribution in [0.15, 0.2) is 11.4 Å². The van der Waals surface area contributed by atoms with Crippen LogP contribution in [0, 0.1) is 11.8 Å². The molecule has 8 heteroatoms. The molecule has 170 valence electrons. The van der Waals surface area contributed by atoms with Gasteiger partial charge in [0.1, 0.15) is 5.82 Å². The fraction of sp³-hybridized carbons (Fsp3) is 0.739. The van der Waals surface area contributed by atoms with Gasteiger partial charge in [0.2, 0.25) is 5.91 Å². The van der Waals surface area contributed by atoms with E-state index < -0.39 is 0 Å².